The van der Waals surface area contributed by atoms with Crippen molar-refractivity contribution in [1.29, 1.82) is 0 Å². The minimum Gasteiger partial charge on any atom is -0.507 e. The number of nitrogens with one attached hydrogen (secondary N) is 1. The fourth-order valence-corrected chi connectivity index (χ4v) is 2.98. The van der Waals surface area contributed by atoms with Crippen LogP contribution in [-0.2, 0) is 10.8 Å². The molecule has 0 amide bonds. The van der Waals surface area contributed by atoms with E-state index in [-0.39, 0.29) is 10.8 Å². The van der Waals surface area contributed by atoms with E-state index in [2.05, 4.69) is 65.1 Å². The van der Waals surface area contributed by atoms with Crippen molar-refractivity contribution >= 4 is 17.1 Å². The van der Waals surface area contributed by atoms with E-state index in [4.69, 9.17) is 5.73 Å². The molecule has 0 aliphatic heterocycles. The molecule has 0 bridgehead atoms. The summed E-state index contributed by atoms with van der Waals surface area (Å²) in [6, 6.07) is 8.17. The molecule has 136 valence electrons. The molecule has 0 aliphatic rings. The van der Waals surface area contributed by atoms with E-state index in [1.54, 1.807) is 0 Å². The first-order valence-corrected chi connectivity index (χ1v) is 8.82. The van der Waals surface area contributed by atoms with Crippen LogP contribution in [0, 0.1) is 13.8 Å². The summed E-state index contributed by atoms with van der Waals surface area (Å²) in [5, 5.41) is 14.4. The molecule has 3 nitrogen and oxygen atoms in total. The maximum absolute atomic E-state index is 10.8. The van der Waals surface area contributed by atoms with E-state index in [0.717, 1.165) is 39.3 Å². The number of nitrogens with two attached hydrogens (primary N) is 1. The Morgan fingerprint density at radius 3 is 1.72 bits per heavy atom. The average molecular weight is 341 g/mol. The summed E-state index contributed by atoms with van der Waals surface area (Å²) in [6.45, 7) is 16.8. The Morgan fingerprint density at radius 2 is 1.28 bits per heavy atom. The van der Waals surface area contributed by atoms with Gasteiger partial charge in [-0.1, -0.05) is 41.5 Å². The molecule has 2 rings (SSSR count). The summed E-state index contributed by atoms with van der Waals surface area (Å²) >= 11 is 0. The molecule has 0 heterocycles. The molecule has 0 fully saturated rings. The Morgan fingerprint density at radius 1 is 0.800 bits per heavy atom. The lowest BCUT2D eigenvalue weighted by Gasteiger charge is -2.28. The van der Waals surface area contributed by atoms with Gasteiger partial charge in [0.2, 0.25) is 0 Å². The van der Waals surface area contributed by atoms with Crippen LogP contribution in [0.4, 0.5) is 17.1 Å². The molecule has 0 radical (unpaired) electrons. The normalized spacial score (nSPS) is 12.3. The van der Waals surface area contributed by atoms with Gasteiger partial charge in [-0.3, -0.25) is 0 Å². The standard InChI is InChI=1S/C22H32N2O/c1-13-10-19(14(2)9-18(13)23)24-15-11-16(21(3,4)5)20(25)17(12-15)22(6,7)8/h9-12,24-25H,23H2,1-8H3. The lowest BCUT2D eigenvalue weighted by atomic mass is 9.79. The Bertz CT molecular complexity index is 758. The zero-order chi connectivity index (χ0) is 19.2. The average Bonchev–Trinajstić information content (AvgIpc) is 2.44. The highest BCUT2D eigenvalue weighted by molar-refractivity contribution is 5.70. The van der Waals surface area contributed by atoms with Crippen LogP contribution in [0.15, 0.2) is 24.3 Å². The minimum absolute atomic E-state index is 0.145. The van der Waals surface area contributed by atoms with Crippen molar-refractivity contribution in [2.24, 2.45) is 0 Å². The summed E-state index contributed by atoms with van der Waals surface area (Å²) in [6.07, 6.45) is 0. The predicted molar refractivity (Wildman–Crippen MR) is 109 cm³/mol. The number of aromatic hydroxyl groups is 1. The van der Waals surface area contributed by atoms with E-state index in [1.807, 2.05) is 19.9 Å². The van der Waals surface area contributed by atoms with E-state index >= 15 is 0 Å². The molecule has 2 aromatic carbocycles. The second-order valence-electron chi connectivity index (χ2n) is 9.07. The number of phenols is 1. The molecular weight excluding hydrogens is 308 g/mol. The molecule has 0 aromatic heterocycles. The van der Waals surface area contributed by atoms with Crippen LogP contribution >= 0.6 is 0 Å². The van der Waals surface area contributed by atoms with E-state index in [1.165, 1.54) is 0 Å². The van der Waals surface area contributed by atoms with Gasteiger partial charge in [-0.2, -0.15) is 0 Å². The Balaban J connectivity index is 2.61. The number of nitrogen functional groups attached to an aromatic ring is 1. The molecular formula is C22H32N2O. The highest BCUT2D eigenvalue weighted by Crippen LogP contribution is 2.41. The van der Waals surface area contributed by atoms with Gasteiger partial charge in [-0.25, -0.2) is 0 Å². The van der Waals surface area contributed by atoms with Gasteiger partial charge in [0.1, 0.15) is 5.75 Å². The third kappa shape index (κ3) is 4.09. The van der Waals surface area contributed by atoms with Crippen LogP contribution in [-0.4, -0.2) is 5.11 Å². The van der Waals surface area contributed by atoms with E-state index in [0.29, 0.717) is 5.75 Å². The lowest BCUT2D eigenvalue weighted by molar-refractivity contribution is 0.423. The number of rotatable bonds is 2. The second-order valence-corrected chi connectivity index (χ2v) is 9.07. The topological polar surface area (TPSA) is 58.3 Å². The first kappa shape index (κ1) is 19.2. The quantitative estimate of drug-likeness (QED) is 0.469. The van der Waals surface area contributed by atoms with Crippen molar-refractivity contribution in [3.8, 4) is 5.75 Å². The van der Waals surface area contributed by atoms with Crippen LogP contribution < -0.4 is 11.1 Å². The van der Waals surface area contributed by atoms with Gasteiger partial charge in [-0.15, -0.1) is 0 Å². The number of hydrogen-bond acceptors (Lipinski definition) is 3. The SMILES string of the molecule is Cc1cc(Nc2cc(C(C)(C)C)c(O)c(C(C)(C)C)c2)c(C)cc1N. The van der Waals surface area contributed by atoms with E-state index < -0.39 is 0 Å². The highest BCUT2D eigenvalue weighted by atomic mass is 16.3. The molecule has 0 saturated heterocycles. The molecule has 0 aliphatic carbocycles. The summed E-state index contributed by atoms with van der Waals surface area (Å²) < 4.78 is 0. The molecule has 3 heteroatoms. The first-order chi connectivity index (χ1) is 11.3. The van der Waals surface area contributed by atoms with Crippen molar-refractivity contribution in [3.05, 3.63) is 46.5 Å². The van der Waals surface area contributed by atoms with Crippen LogP contribution in [0.25, 0.3) is 0 Å². The van der Waals surface area contributed by atoms with Gasteiger partial charge in [0.15, 0.2) is 0 Å². The molecule has 4 N–H and O–H groups in total. The Hall–Kier alpha value is -2.16. The fraction of sp³-hybridized carbons (Fsp3) is 0.455. The molecule has 2 aromatic rings. The van der Waals surface area contributed by atoms with Crippen LogP contribution in [0.1, 0.15) is 63.8 Å². The summed E-state index contributed by atoms with van der Waals surface area (Å²) in [7, 11) is 0. The van der Waals surface area contributed by atoms with Gasteiger partial charge in [0.25, 0.3) is 0 Å². The zero-order valence-corrected chi connectivity index (χ0v) is 16.8. The number of anilines is 3. The van der Waals surface area contributed by atoms with Crippen molar-refractivity contribution in [2.45, 2.75) is 66.2 Å². The number of aryl methyl sites for hydroxylation is 2. The largest absolute Gasteiger partial charge is 0.507 e. The van der Waals surface area contributed by atoms with Crippen LogP contribution in [0.5, 0.6) is 5.75 Å². The summed E-state index contributed by atoms with van der Waals surface area (Å²) in [4.78, 5) is 0. The molecule has 0 spiro atoms. The van der Waals surface area contributed by atoms with Crippen molar-refractivity contribution in [1.82, 2.24) is 0 Å². The van der Waals surface area contributed by atoms with Gasteiger partial charge >= 0.3 is 0 Å². The van der Waals surface area contributed by atoms with Crippen molar-refractivity contribution < 1.29 is 5.11 Å². The predicted octanol–water partition coefficient (Wildman–Crippen LogP) is 5.93. The molecule has 0 saturated carbocycles. The maximum atomic E-state index is 10.8. The lowest BCUT2D eigenvalue weighted by Crippen LogP contribution is -2.17. The molecule has 25 heavy (non-hydrogen) atoms. The number of hydrogen-bond donors (Lipinski definition) is 3. The minimum atomic E-state index is -0.145. The first-order valence-electron chi connectivity index (χ1n) is 8.82. The highest BCUT2D eigenvalue weighted by Gasteiger charge is 2.26. The Kier molecular flexibility index (Phi) is 4.82. The van der Waals surface area contributed by atoms with Gasteiger partial charge in [0, 0.05) is 28.2 Å². The molecule has 0 atom stereocenters. The fourth-order valence-electron chi connectivity index (χ4n) is 2.98. The van der Waals surface area contributed by atoms with Crippen LogP contribution in [0.3, 0.4) is 0 Å². The summed E-state index contributed by atoms with van der Waals surface area (Å²) in [5.41, 5.74) is 12.6. The maximum Gasteiger partial charge on any atom is 0.123 e. The number of benzene rings is 2. The monoisotopic (exact) mass is 340 g/mol. The number of phenolic OH excluding ortho intramolecular Hbond substituents is 1. The van der Waals surface area contributed by atoms with Crippen molar-refractivity contribution in [2.75, 3.05) is 11.1 Å². The summed E-state index contributed by atoms with van der Waals surface area (Å²) in [5.74, 6) is 0.399. The van der Waals surface area contributed by atoms with Gasteiger partial charge < -0.3 is 16.2 Å². The van der Waals surface area contributed by atoms with Crippen molar-refractivity contribution in [3.63, 3.8) is 0 Å². The van der Waals surface area contributed by atoms with Gasteiger partial charge in [0.05, 0.1) is 0 Å². The third-order valence-electron chi connectivity index (χ3n) is 4.62. The third-order valence-corrected chi connectivity index (χ3v) is 4.62. The Labute approximate surface area is 152 Å². The molecule has 0 unspecified atom stereocenters. The zero-order valence-electron chi connectivity index (χ0n) is 16.8. The van der Waals surface area contributed by atoms with Gasteiger partial charge in [-0.05, 0) is 60.1 Å². The van der Waals surface area contributed by atoms with Crippen LogP contribution in [0.2, 0.25) is 0 Å². The van der Waals surface area contributed by atoms with E-state index in [9.17, 15) is 5.11 Å². The second kappa shape index (κ2) is 6.29. The smallest absolute Gasteiger partial charge is 0.123 e.